The summed E-state index contributed by atoms with van der Waals surface area (Å²) in [6, 6.07) is 0. The molecule has 0 heterocycles. The van der Waals surface area contributed by atoms with Crippen LogP contribution in [0.3, 0.4) is 0 Å². The van der Waals surface area contributed by atoms with Crippen molar-refractivity contribution in [1.82, 2.24) is 0 Å². The molecule has 0 saturated carbocycles. The fourth-order valence-corrected chi connectivity index (χ4v) is 0.327. The number of aldehydes is 1. The molecular formula is C10H18O2. The van der Waals surface area contributed by atoms with Gasteiger partial charge >= 0.3 is 0 Å². The van der Waals surface area contributed by atoms with Crippen LogP contribution < -0.4 is 0 Å². The van der Waals surface area contributed by atoms with Crippen LogP contribution in [0.4, 0.5) is 0 Å². The second-order valence-corrected chi connectivity index (χ2v) is 2.81. The Kier molecular flexibility index (Phi) is 11.5. The molecule has 70 valence electrons. The molecule has 0 aliphatic rings. The monoisotopic (exact) mass is 170 g/mol. The van der Waals surface area contributed by atoms with Gasteiger partial charge in [-0.3, -0.25) is 4.79 Å². The average Bonchev–Trinajstić information content (AvgIpc) is 1.87. The molecule has 0 bridgehead atoms. The van der Waals surface area contributed by atoms with Gasteiger partial charge in [0.1, 0.15) is 6.29 Å². The summed E-state index contributed by atoms with van der Waals surface area (Å²) in [6.45, 7) is 9.48. The fraction of sp³-hybridized carbons (Fsp3) is 0.500. The lowest BCUT2D eigenvalue weighted by Crippen LogP contribution is -1.79. The molecule has 1 N–H and O–H groups in total. The number of aliphatic hydroxyl groups is 1. The van der Waals surface area contributed by atoms with Crippen LogP contribution in [-0.4, -0.2) is 18.0 Å². The minimum absolute atomic E-state index is 0.231. The Morgan fingerprint density at radius 3 is 1.92 bits per heavy atom. The van der Waals surface area contributed by atoms with E-state index in [4.69, 9.17) is 5.11 Å². The Morgan fingerprint density at radius 1 is 1.42 bits per heavy atom. The second kappa shape index (κ2) is 10.1. The molecule has 2 heteroatoms. The highest BCUT2D eigenvalue weighted by Gasteiger charge is 1.77. The van der Waals surface area contributed by atoms with Gasteiger partial charge < -0.3 is 5.11 Å². The molecule has 0 aliphatic carbocycles. The molecule has 0 atom stereocenters. The molecule has 0 aromatic carbocycles. The van der Waals surface area contributed by atoms with Crippen LogP contribution in [0.2, 0.25) is 0 Å². The molecule has 0 fully saturated rings. The predicted octanol–water partition coefficient (Wildman–Crippen LogP) is 2.10. The van der Waals surface area contributed by atoms with Crippen molar-refractivity contribution >= 4 is 6.29 Å². The molecule has 0 aliphatic heterocycles. The van der Waals surface area contributed by atoms with Gasteiger partial charge in [-0.1, -0.05) is 11.1 Å². The molecule has 0 saturated heterocycles. The van der Waals surface area contributed by atoms with Crippen LogP contribution in [-0.2, 0) is 4.79 Å². The van der Waals surface area contributed by atoms with Gasteiger partial charge in [0.15, 0.2) is 0 Å². The van der Waals surface area contributed by atoms with Gasteiger partial charge in [-0.15, -0.1) is 6.58 Å². The third kappa shape index (κ3) is 22.9. The Bertz CT molecular complexity index is 153. The number of rotatable bonds is 3. The summed E-state index contributed by atoms with van der Waals surface area (Å²) in [5.41, 5.74) is 2.09. The summed E-state index contributed by atoms with van der Waals surface area (Å²) < 4.78 is 0. The second-order valence-electron chi connectivity index (χ2n) is 2.81. The van der Waals surface area contributed by atoms with E-state index in [1.807, 2.05) is 20.8 Å². The lowest BCUT2D eigenvalue weighted by atomic mass is 10.3. The van der Waals surface area contributed by atoms with Crippen molar-refractivity contribution in [3.63, 3.8) is 0 Å². The molecule has 0 rings (SSSR count). The van der Waals surface area contributed by atoms with Crippen molar-refractivity contribution in [3.8, 4) is 0 Å². The number of allylic oxidation sites excluding steroid dienone is 2. The summed E-state index contributed by atoms with van der Waals surface area (Å²) in [7, 11) is 0. The number of hydrogen-bond acceptors (Lipinski definition) is 2. The minimum atomic E-state index is 0.231. The van der Waals surface area contributed by atoms with Crippen LogP contribution in [0.15, 0.2) is 23.8 Å². The van der Waals surface area contributed by atoms with E-state index in [9.17, 15) is 4.79 Å². The lowest BCUT2D eigenvalue weighted by molar-refractivity contribution is -0.104. The van der Waals surface area contributed by atoms with E-state index in [-0.39, 0.29) is 6.61 Å². The molecule has 0 amide bonds. The first kappa shape index (κ1) is 13.7. The summed E-state index contributed by atoms with van der Waals surface area (Å²) in [5, 5.41) is 8.18. The van der Waals surface area contributed by atoms with E-state index in [1.54, 1.807) is 0 Å². The lowest BCUT2D eigenvalue weighted by Gasteiger charge is -1.87. The molecule has 0 aromatic rings. The summed E-state index contributed by atoms with van der Waals surface area (Å²) in [4.78, 5) is 9.54. The smallest absolute Gasteiger partial charge is 0.142 e. The zero-order valence-electron chi connectivity index (χ0n) is 8.13. The van der Waals surface area contributed by atoms with Crippen LogP contribution in [0, 0.1) is 0 Å². The largest absolute Gasteiger partial charge is 0.396 e. The minimum Gasteiger partial charge on any atom is -0.396 e. The maximum atomic E-state index is 9.54. The standard InChI is InChI=1S/C5H10O.C5H8O/c2*1-5(2)3-4-6/h6H,1,3-4H2,2H3;3-4H,1-2H3. The summed E-state index contributed by atoms with van der Waals surface area (Å²) in [5.74, 6) is 0. The predicted molar refractivity (Wildman–Crippen MR) is 52.0 cm³/mol. The molecule has 12 heavy (non-hydrogen) atoms. The van der Waals surface area contributed by atoms with Gasteiger partial charge in [0.05, 0.1) is 0 Å². The van der Waals surface area contributed by atoms with Crippen molar-refractivity contribution in [1.29, 1.82) is 0 Å². The summed E-state index contributed by atoms with van der Waals surface area (Å²) >= 11 is 0. The fourth-order valence-electron chi connectivity index (χ4n) is 0.327. The van der Waals surface area contributed by atoms with E-state index in [0.717, 1.165) is 23.9 Å². The zero-order valence-corrected chi connectivity index (χ0v) is 8.13. The third-order valence-electron chi connectivity index (χ3n) is 0.940. The van der Waals surface area contributed by atoms with Gasteiger partial charge in [-0.25, -0.2) is 0 Å². The average molecular weight is 170 g/mol. The highest BCUT2D eigenvalue weighted by Crippen LogP contribution is 1.90. The van der Waals surface area contributed by atoms with Crippen LogP contribution in [0.1, 0.15) is 27.2 Å². The summed E-state index contributed by atoms with van der Waals surface area (Å²) in [6.07, 6.45) is 3.05. The maximum absolute atomic E-state index is 9.54. The van der Waals surface area contributed by atoms with E-state index >= 15 is 0 Å². The molecule has 0 aromatic heterocycles. The van der Waals surface area contributed by atoms with Gasteiger partial charge in [0.2, 0.25) is 0 Å². The van der Waals surface area contributed by atoms with Crippen molar-refractivity contribution in [2.45, 2.75) is 27.2 Å². The van der Waals surface area contributed by atoms with Crippen molar-refractivity contribution in [2.75, 3.05) is 6.61 Å². The van der Waals surface area contributed by atoms with Crippen LogP contribution >= 0.6 is 0 Å². The molecule has 0 spiro atoms. The highest BCUT2D eigenvalue weighted by atomic mass is 16.2. The molecular weight excluding hydrogens is 152 g/mol. The Labute approximate surface area is 74.6 Å². The number of carbonyl (C=O) groups excluding carboxylic acids is 1. The maximum Gasteiger partial charge on any atom is 0.142 e. The Hall–Kier alpha value is -0.890. The molecule has 2 nitrogen and oxygen atoms in total. The van der Waals surface area contributed by atoms with Gasteiger partial charge in [0.25, 0.3) is 0 Å². The number of aliphatic hydroxyl groups excluding tert-OH is 1. The normalized spacial score (nSPS) is 7.67. The Balaban J connectivity index is 0. The van der Waals surface area contributed by atoms with E-state index < -0.39 is 0 Å². The number of hydrogen-bond donors (Lipinski definition) is 1. The first-order valence-corrected chi connectivity index (χ1v) is 3.88. The molecule has 0 radical (unpaired) electrons. The number of carbonyl (C=O) groups is 1. The van der Waals surface area contributed by atoms with Crippen LogP contribution in [0.5, 0.6) is 0 Å². The SMILES string of the molecule is C=C(C)CCO.CC(C)=CC=O. The topological polar surface area (TPSA) is 37.3 Å². The quantitative estimate of drug-likeness (QED) is 0.400. The highest BCUT2D eigenvalue weighted by molar-refractivity contribution is 5.65. The van der Waals surface area contributed by atoms with Crippen molar-refractivity contribution in [3.05, 3.63) is 23.8 Å². The Morgan fingerprint density at radius 2 is 1.92 bits per heavy atom. The van der Waals surface area contributed by atoms with E-state index in [2.05, 4.69) is 6.58 Å². The van der Waals surface area contributed by atoms with Crippen molar-refractivity contribution in [2.24, 2.45) is 0 Å². The van der Waals surface area contributed by atoms with E-state index in [0.29, 0.717) is 0 Å². The van der Waals surface area contributed by atoms with Crippen LogP contribution in [0.25, 0.3) is 0 Å². The van der Waals surface area contributed by atoms with Gasteiger partial charge in [-0.2, -0.15) is 0 Å². The van der Waals surface area contributed by atoms with Gasteiger partial charge in [0, 0.05) is 6.61 Å². The van der Waals surface area contributed by atoms with Crippen molar-refractivity contribution < 1.29 is 9.90 Å². The van der Waals surface area contributed by atoms with E-state index in [1.165, 1.54) is 6.08 Å². The van der Waals surface area contributed by atoms with Gasteiger partial charge in [-0.05, 0) is 33.3 Å². The first-order chi connectivity index (χ1) is 5.54. The molecule has 0 unspecified atom stereocenters. The first-order valence-electron chi connectivity index (χ1n) is 3.88. The zero-order chi connectivity index (χ0) is 9.98. The third-order valence-corrected chi connectivity index (χ3v) is 0.940.